The number of nitriles is 1. The smallest absolute Gasteiger partial charge is 0.350 e. The molecule has 1 aromatic rings. The van der Waals surface area contributed by atoms with Crippen LogP contribution in [0.15, 0.2) is 36.0 Å². The van der Waals surface area contributed by atoms with Crippen molar-refractivity contribution in [2.45, 2.75) is 26.7 Å². The van der Waals surface area contributed by atoms with Gasteiger partial charge in [0.1, 0.15) is 6.07 Å². The Morgan fingerprint density at radius 3 is 2.75 bits per heavy atom. The van der Waals surface area contributed by atoms with Gasteiger partial charge in [-0.1, -0.05) is 31.5 Å². The first-order chi connectivity index (χ1) is 9.60. The molecule has 0 atom stereocenters. The summed E-state index contributed by atoms with van der Waals surface area (Å²) in [5.41, 5.74) is 2.02. The number of esters is 1. The summed E-state index contributed by atoms with van der Waals surface area (Å²) in [6.07, 6.45) is 3.26. The van der Waals surface area contributed by atoms with Crippen LogP contribution in [0, 0.1) is 18.3 Å². The fourth-order valence-corrected chi connectivity index (χ4v) is 1.74. The van der Waals surface area contributed by atoms with E-state index in [-0.39, 0.29) is 5.57 Å². The van der Waals surface area contributed by atoms with Gasteiger partial charge in [-0.25, -0.2) is 4.79 Å². The molecule has 4 heteroatoms. The summed E-state index contributed by atoms with van der Waals surface area (Å²) in [4.78, 5) is 13.5. The van der Waals surface area contributed by atoms with E-state index in [9.17, 15) is 4.79 Å². The maximum atomic E-state index is 11.8. The van der Waals surface area contributed by atoms with Gasteiger partial charge in [-0.15, -0.1) is 0 Å². The molecule has 1 aromatic carbocycles. The molecule has 0 aliphatic carbocycles. The molecule has 106 valence electrons. The zero-order valence-corrected chi connectivity index (χ0v) is 12.2. The number of nitrogens with zero attached hydrogens (tertiary/aromatic N) is 2. The molecule has 0 unspecified atom stereocenters. The Balaban J connectivity index is 2.81. The van der Waals surface area contributed by atoms with Crippen LogP contribution < -0.4 is 4.90 Å². The van der Waals surface area contributed by atoms with Crippen LogP contribution in [0.4, 0.5) is 5.69 Å². The minimum atomic E-state index is -0.568. The molecule has 0 saturated carbocycles. The summed E-state index contributed by atoms with van der Waals surface area (Å²) in [6, 6.07) is 9.67. The van der Waals surface area contributed by atoms with Crippen LogP contribution in [-0.4, -0.2) is 19.6 Å². The van der Waals surface area contributed by atoms with E-state index in [2.05, 4.69) is 0 Å². The molecule has 0 bridgehead atoms. The van der Waals surface area contributed by atoms with Crippen molar-refractivity contribution in [3.8, 4) is 6.07 Å². The fraction of sp³-hybridized carbons (Fsp3) is 0.375. The monoisotopic (exact) mass is 272 g/mol. The first kappa shape index (κ1) is 15.8. The lowest BCUT2D eigenvalue weighted by molar-refractivity contribution is -0.138. The summed E-state index contributed by atoms with van der Waals surface area (Å²) in [5.74, 6) is -0.568. The summed E-state index contributed by atoms with van der Waals surface area (Å²) in [5, 5.41) is 9.07. The Morgan fingerprint density at radius 2 is 2.15 bits per heavy atom. The first-order valence-corrected chi connectivity index (χ1v) is 6.67. The van der Waals surface area contributed by atoms with Crippen molar-refractivity contribution in [1.82, 2.24) is 0 Å². The van der Waals surface area contributed by atoms with E-state index in [1.54, 1.807) is 11.9 Å². The van der Waals surface area contributed by atoms with Gasteiger partial charge in [-0.2, -0.15) is 5.26 Å². The molecule has 0 amide bonds. The molecule has 0 spiro atoms. The van der Waals surface area contributed by atoms with Crippen LogP contribution >= 0.6 is 0 Å². The quantitative estimate of drug-likeness (QED) is 0.345. The molecule has 0 saturated heterocycles. The predicted molar refractivity (Wildman–Crippen MR) is 79.1 cm³/mol. The average molecular weight is 272 g/mol. The number of para-hydroxylation sites is 1. The van der Waals surface area contributed by atoms with Gasteiger partial charge in [-0.05, 0) is 25.0 Å². The van der Waals surface area contributed by atoms with Crippen LogP contribution in [0.25, 0.3) is 0 Å². The van der Waals surface area contributed by atoms with Crippen molar-refractivity contribution in [3.63, 3.8) is 0 Å². The number of carbonyl (C=O) groups is 1. The average Bonchev–Trinajstić information content (AvgIpc) is 2.45. The van der Waals surface area contributed by atoms with E-state index < -0.39 is 5.97 Å². The van der Waals surface area contributed by atoms with Crippen LogP contribution in [-0.2, 0) is 9.53 Å². The van der Waals surface area contributed by atoms with E-state index >= 15 is 0 Å². The fourth-order valence-electron chi connectivity index (χ4n) is 1.74. The Bertz CT molecular complexity index is 530. The second-order valence-electron chi connectivity index (χ2n) is 4.54. The van der Waals surface area contributed by atoms with Crippen molar-refractivity contribution in [1.29, 1.82) is 5.26 Å². The van der Waals surface area contributed by atoms with Crippen LogP contribution in [0.2, 0.25) is 0 Å². The van der Waals surface area contributed by atoms with Crippen molar-refractivity contribution in [2.24, 2.45) is 0 Å². The van der Waals surface area contributed by atoms with Crippen molar-refractivity contribution < 1.29 is 9.53 Å². The molecule has 0 radical (unpaired) electrons. The topological polar surface area (TPSA) is 53.3 Å². The first-order valence-electron chi connectivity index (χ1n) is 6.67. The molecule has 0 N–H and O–H groups in total. The van der Waals surface area contributed by atoms with Gasteiger partial charge in [0.2, 0.25) is 0 Å². The van der Waals surface area contributed by atoms with Crippen LogP contribution in [0.1, 0.15) is 25.3 Å². The van der Waals surface area contributed by atoms with Gasteiger partial charge in [0.05, 0.1) is 6.61 Å². The zero-order chi connectivity index (χ0) is 15.0. The maximum absolute atomic E-state index is 11.8. The minimum Gasteiger partial charge on any atom is -0.462 e. The number of hydrogen-bond donors (Lipinski definition) is 0. The zero-order valence-electron chi connectivity index (χ0n) is 12.2. The van der Waals surface area contributed by atoms with Gasteiger partial charge >= 0.3 is 5.97 Å². The number of aryl methyl sites for hydroxylation is 1. The molecule has 0 aromatic heterocycles. The highest BCUT2D eigenvalue weighted by molar-refractivity contribution is 5.93. The normalized spacial score (nSPS) is 10.8. The number of hydrogen-bond acceptors (Lipinski definition) is 4. The molecule has 20 heavy (non-hydrogen) atoms. The highest BCUT2D eigenvalue weighted by Crippen LogP contribution is 2.18. The van der Waals surface area contributed by atoms with Gasteiger partial charge in [0, 0.05) is 18.9 Å². The van der Waals surface area contributed by atoms with Crippen LogP contribution in [0.5, 0.6) is 0 Å². The van der Waals surface area contributed by atoms with E-state index in [1.165, 1.54) is 6.20 Å². The number of ether oxygens (including phenoxy) is 1. The van der Waals surface area contributed by atoms with Gasteiger partial charge in [-0.3, -0.25) is 0 Å². The number of carbonyl (C=O) groups excluding carboxylic acids is 1. The maximum Gasteiger partial charge on any atom is 0.350 e. The van der Waals surface area contributed by atoms with E-state index in [1.807, 2.05) is 44.2 Å². The van der Waals surface area contributed by atoms with Gasteiger partial charge in [0.15, 0.2) is 5.57 Å². The second kappa shape index (κ2) is 8.00. The molecule has 0 aliphatic heterocycles. The van der Waals surface area contributed by atoms with E-state index in [0.29, 0.717) is 6.61 Å². The van der Waals surface area contributed by atoms with Crippen molar-refractivity contribution >= 4 is 11.7 Å². The number of benzene rings is 1. The van der Waals surface area contributed by atoms with Crippen molar-refractivity contribution in [2.75, 3.05) is 18.6 Å². The van der Waals surface area contributed by atoms with E-state index in [0.717, 1.165) is 24.1 Å². The predicted octanol–water partition coefficient (Wildman–Crippen LogP) is 3.18. The molecule has 1 rings (SSSR count). The SMILES string of the molecule is CCCCOC(=O)/C(C#N)=C\N(C)c1ccccc1C. The Kier molecular flexibility index (Phi) is 6.31. The standard InChI is InChI=1S/C16H20N2O2/c1-4-5-10-20-16(19)14(11-17)12-18(3)15-9-7-6-8-13(15)2/h6-9,12H,4-5,10H2,1-3H3/b14-12-. The summed E-state index contributed by atoms with van der Waals surface area (Å²) in [7, 11) is 1.80. The second-order valence-corrected chi connectivity index (χ2v) is 4.54. The third-order valence-corrected chi connectivity index (χ3v) is 2.89. The van der Waals surface area contributed by atoms with Crippen molar-refractivity contribution in [3.05, 3.63) is 41.6 Å². The highest BCUT2D eigenvalue weighted by Gasteiger charge is 2.12. The third kappa shape index (κ3) is 4.43. The molecule has 0 aliphatic rings. The Hall–Kier alpha value is -2.28. The molecular weight excluding hydrogens is 252 g/mol. The molecular formula is C16H20N2O2. The third-order valence-electron chi connectivity index (χ3n) is 2.89. The van der Waals surface area contributed by atoms with Gasteiger partial charge < -0.3 is 9.64 Å². The van der Waals surface area contributed by atoms with Crippen LogP contribution in [0.3, 0.4) is 0 Å². The van der Waals surface area contributed by atoms with Gasteiger partial charge in [0.25, 0.3) is 0 Å². The molecule has 0 fully saturated rings. The lowest BCUT2D eigenvalue weighted by atomic mass is 10.2. The number of rotatable bonds is 6. The number of unbranched alkanes of at least 4 members (excludes halogenated alkanes) is 1. The summed E-state index contributed by atoms with van der Waals surface area (Å²) in [6.45, 7) is 4.34. The molecule has 4 nitrogen and oxygen atoms in total. The summed E-state index contributed by atoms with van der Waals surface area (Å²) < 4.78 is 5.05. The minimum absolute atomic E-state index is 0.00635. The highest BCUT2D eigenvalue weighted by atomic mass is 16.5. The lowest BCUT2D eigenvalue weighted by Crippen LogP contribution is -2.15. The summed E-state index contributed by atoms with van der Waals surface area (Å²) >= 11 is 0. The molecule has 0 heterocycles. The number of anilines is 1. The lowest BCUT2D eigenvalue weighted by Gasteiger charge is -2.17. The van der Waals surface area contributed by atoms with E-state index in [4.69, 9.17) is 10.00 Å². The largest absolute Gasteiger partial charge is 0.462 e. The Labute approximate surface area is 120 Å². The Morgan fingerprint density at radius 1 is 1.45 bits per heavy atom.